The molecule has 1 aromatic carbocycles. The van der Waals surface area contributed by atoms with Gasteiger partial charge in [0, 0.05) is 10.5 Å². The molecular weight excluding hydrogens is 489 g/mol. The molecule has 5 aliphatic rings. The molecule has 6 rings (SSSR count). The molecule has 0 amide bonds. The van der Waals surface area contributed by atoms with Crippen LogP contribution in [-0.4, -0.2) is 18.6 Å². The van der Waals surface area contributed by atoms with Crippen LogP contribution in [0.5, 0.6) is 0 Å². The quantitative estimate of drug-likeness (QED) is 0.352. The number of thioether (sulfide) groups is 2. The summed E-state index contributed by atoms with van der Waals surface area (Å²) >= 11 is 4.54. The molecule has 36 heavy (non-hydrogen) atoms. The minimum absolute atomic E-state index is 0.240. The first-order chi connectivity index (χ1) is 17.0. The average molecular weight is 537 g/mol. The summed E-state index contributed by atoms with van der Waals surface area (Å²) in [6, 6.07) is 9.89. The van der Waals surface area contributed by atoms with Gasteiger partial charge in [-0.05, 0) is 106 Å². The second-order valence-electron chi connectivity index (χ2n) is 14.7. The van der Waals surface area contributed by atoms with Crippen molar-refractivity contribution in [3.8, 4) is 0 Å². The van der Waals surface area contributed by atoms with Crippen LogP contribution in [0.1, 0.15) is 84.3 Å². The third-order valence-corrected chi connectivity index (χ3v) is 19.6. The third kappa shape index (κ3) is 4.08. The lowest BCUT2D eigenvalue weighted by Crippen LogP contribution is -2.48. The second-order valence-corrected chi connectivity index (χ2v) is 22.6. The summed E-state index contributed by atoms with van der Waals surface area (Å²) in [4.78, 5) is 3.21. The van der Waals surface area contributed by atoms with Crippen LogP contribution in [0.3, 0.4) is 0 Å². The van der Waals surface area contributed by atoms with Crippen molar-refractivity contribution in [2.75, 3.05) is 0 Å². The van der Waals surface area contributed by atoms with E-state index >= 15 is 0 Å². The number of hydrogen-bond acceptors (Lipinski definition) is 2. The lowest BCUT2D eigenvalue weighted by Gasteiger charge is -2.48. The number of allylic oxidation sites excluding steroid dienone is 4. The standard InChI is InChI=1S/C33H48S2Si/c1-19-9-14-24(22-10-12-23(13-11-22)33(4,5)6)25-15-16-28(29(19)25)36(7,8)32-30-26(17-20(2)34-30)27-18-21(3)35-31(27)32/h10-13,17-19,24-32H,9,14-16H2,1-8H3. The third-order valence-electron chi connectivity index (χ3n) is 11.3. The Morgan fingerprint density at radius 1 is 0.806 bits per heavy atom. The lowest BCUT2D eigenvalue weighted by atomic mass is 9.66. The molecule has 0 saturated heterocycles. The highest BCUT2D eigenvalue weighted by molar-refractivity contribution is 8.05. The zero-order valence-electron chi connectivity index (χ0n) is 23.9. The largest absolute Gasteiger partial charge is 0.127 e. The summed E-state index contributed by atoms with van der Waals surface area (Å²) in [5.41, 5.74) is 5.31. The predicted molar refractivity (Wildman–Crippen MR) is 165 cm³/mol. The molecule has 9 unspecified atom stereocenters. The normalized spacial score (nSPS) is 42.1. The van der Waals surface area contributed by atoms with E-state index < -0.39 is 8.07 Å². The van der Waals surface area contributed by atoms with Gasteiger partial charge in [0.15, 0.2) is 0 Å². The molecule has 3 saturated carbocycles. The maximum atomic E-state index is 2.85. The Morgan fingerprint density at radius 3 is 1.94 bits per heavy atom. The molecule has 196 valence electrons. The van der Waals surface area contributed by atoms with Crippen molar-refractivity contribution in [1.29, 1.82) is 0 Å². The van der Waals surface area contributed by atoms with Gasteiger partial charge in [-0.25, -0.2) is 0 Å². The van der Waals surface area contributed by atoms with Crippen molar-refractivity contribution in [2.45, 2.75) is 113 Å². The molecule has 0 nitrogen and oxygen atoms in total. The van der Waals surface area contributed by atoms with Crippen LogP contribution < -0.4 is 0 Å². The van der Waals surface area contributed by atoms with Crippen LogP contribution in [-0.2, 0) is 5.41 Å². The Morgan fingerprint density at radius 2 is 1.39 bits per heavy atom. The number of benzene rings is 1. The molecule has 0 aromatic heterocycles. The van der Waals surface area contributed by atoms with Gasteiger partial charge >= 0.3 is 0 Å². The average Bonchev–Trinajstić information content (AvgIpc) is 3.54. The van der Waals surface area contributed by atoms with E-state index in [0.29, 0.717) is 0 Å². The molecule has 1 aromatic rings. The molecule has 3 fully saturated rings. The van der Waals surface area contributed by atoms with Gasteiger partial charge in [-0.1, -0.05) is 83.6 Å². The minimum Gasteiger partial charge on any atom is -0.127 e. The SMILES string of the molecule is CC1=CC2C3C=C(C)SC3C([Si](C)(C)C3CCC4C(c5ccc(C(C)(C)C)cc5)CCC(C)C43)C2S1. The van der Waals surface area contributed by atoms with E-state index in [9.17, 15) is 0 Å². The van der Waals surface area contributed by atoms with Gasteiger partial charge in [0.25, 0.3) is 0 Å². The van der Waals surface area contributed by atoms with Gasteiger partial charge in [-0.15, -0.1) is 23.5 Å². The number of fused-ring (bicyclic) bond motifs is 4. The smallest absolute Gasteiger partial charge is 0.0563 e. The van der Waals surface area contributed by atoms with Crippen molar-refractivity contribution in [1.82, 2.24) is 0 Å². The van der Waals surface area contributed by atoms with E-state index in [1.807, 2.05) is 0 Å². The van der Waals surface area contributed by atoms with Crippen LogP contribution in [0.2, 0.25) is 24.2 Å². The molecule has 3 heteroatoms. The first kappa shape index (κ1) is 25.9. The summed E-state index contributed by atoms with van der Waals surface area (Å²) in [6.07, 6.45) is 11.2. The summed E-state index contributed by atoms with van der Waals surface area (Å²) in [5.74, 6) is 5.15. The van der Waals surface area contributed by atoms with Crippen LogP contribution in [0.4, 0.5) is 0 Å². The molecule has 2 heterocycles. The molecular formula is C33H48S2Si. The first-order valence-electron chi connectivity index (χ1n) is 14.8. The van der Waals surface area contributed by atoms with Crippen LogP contribution in [0.15, 0.2) is 46.2 Å². The second kappa shape index (κ2) is 9.09. The summed E-state index contributed by atoms with van der Waals surface area (Å²) in [6.45, 7) is 20.1. The van der Waals surface area contributed by atoms with E-state index in [1.54, 1.807) is 15.4 Å². The van der Waals surface area contributed by atoms with Crippen molar-refractivity contribution < 1.29 is 0 Å². The van der Waals surface area contributed by atoms with E-state index in [1.165, 1.54) is 31.2 Å². The molecule has 9 atom stereocenters. The fourth-order valence-electron chi connectivity index (χ4n) is 9.67. The van der Waals surface area contributed by atoms with E-state index in [4.69, 9.17) is 0 Å². The van der Waals surface area contributed by atoms with Crippen molar-refractivity contribution in [3.63, 3.8) is 0 Å². The predicted octanol–water partition coefficient (Wildman–Crippen LogP) is 10.3. The Kier molecular flexibility index (Phi) is 6.53. The van der Waals surface area contributed by atoms with Crippen molar-refractivity contribution >= 4 is 31.6 Å². The summed E-state index contributed by atoms with van der Waals surface area (Å²) in [7, 11) is -1.49. The molecule has 0 N–H and O–H groups in total. The van der Waals surface area contributed by atoms with Gasteiger partial charge in [-0.2, -0.15) is 0 Å². The van der Waals surface area contributed by atoms with E-state index in [0.717, 1.165) is 57.1 Å². The molecule has 3 aliphatic carbocycles. The van der Waals surface area contributed by atoms with Gasteiger partial charge in [0.05, 0.1) is 8.07 Å². The topological polar surface area (TPSA) is 0 Å². The highest BCUT2D eigenvalue weighted by atomic mass is 32.2. The Balaban J connectivity index is 1.28. The molecule has 0 spiro atoms. The lowest BCUT2D eigenvalue weighted by molar-refractivity contribution is 0.166. The summed E-state index contributed by atoms with van der Waals surface area (Å²) < 4.78 is 0. The fraction of sp³-hybridized carbons (Fsp3) is 0.697. The zero-order chi connectivity index (χ0) is 25.6. The Labute approximate surface area is 231 Å². The van der Waals surface area contributed by atoms with Gasteiger partial charge in [0.2, 0.25) is 0 Å². The van der Waals surface area contributed by atoms with Crippen molar-refractivity contribution in [3.05, 3.63) is 57.4 Å². The number of hydrogen-bond donors (Lipinski definition) is 0. The minimum atomic E-state index is -1.49. The Bertz CT molecular complexity index is 1030. The zero-order valence-corrected chi connectivity index (χ0v) is 26.5. The first-order valence-corrected chi connectivity index (χ1v) is 19.7. The highest BCUT2D eigenvalue weighted by Gasteiger charge is 2.62. The van der Waals surface area contributed by atoms with Gasteiger partial charge < -0.3 is 0 Å². The van der Waals surface area contributed by atoms with Gasteiger partial charge in [0.1, 0.15) is 0 Å². The van der Waals surface area contributed by atoms with Crippen LogP contribution in [0.25, 0.3) is 0 Å². The maximum Gasteiger partial charge on any atom is 0.0563 e. The van der Waals surface area contributed by atoms with Gasteiger partial charge in [-0.3, -0.25) is 0 Å². The number of rotatable bonds is 3. The maximum absolute atomic E-state index is 2.85. The summed E-state index contributed by atoms with van der Waals surface area (Å²) in [5, 5.41) is 1.72. The van der Waals surface area contributed by atoms with E-state index in [2.05, 4.69) is 115 Å². The fourth-order valence-corrected chi connectivity index (χ4v) is 20.2. The van der Waals surface area contributed by atoms with Crippen LogP contribution in [0, 0.1) is 29.6 Å². The monoisotopic (exact) mass is 536 g/mol. The van der Waals surface area contributed by atoms with Crippen LogP contribution >= 0.6 is 23.5 Å². The molecule has 0 radical (unpaired) electrons. The molecule has 0 bridgehead atoms. The Hall–Kier alpha value is -0.383. The molecule has 2 aliphatic heterocycles. The van der Waals surface area contributed by atoms with Crippen molar-refractivity contribution in [2.24, 2.45) is 29.6 Å². The highest BCUT2D eigenvalue weighted by Crippen LogP contribution is 2.69. The van der Waals surface area contributed by atoms with E-state index in [-0.39, 0.29) is 5.41 Å².